The Hall–Kier alpha value is -1.54. The van der Waals surface area contributed by atoms with Crippen LogP contribution in [0.3, 0.4) is 0 Å². The number of nitriles is 1. The lowest BCUT2D eigenvalue weighted by molar-refractivity contribution is 0.0972. The van der Waals surface area contributed by atoms with Crippen LogP contribution in [0.5, 0.6) is 0 Å². The van der Waals surface area contributed by atoms with Crippen LogP contribution >= 0.6 is 11.3 Å². The lowest BCUT2D eigenvalue weighted by Gasteiger charge is -2.16. The molecule has 0 bridgehead atoms. The first kappa shape index (κ1) is 12.5. The van der Waals surface area contributed by atoms with Gasteiger partial charge in [-0.2, -0.15) is 5.26 Å². The van der Waals surface area contributed by atoms with Crippen LogP contribution in [-0.2, 0) is 0 Å². The average Bonchev–Trinajstić information content (AvgIpc) is 3.26. The summed E-state index contributed by atoms with van der Waals surface area (Å²) in [7, 11) is 1.98. The van der Waals surface area contributed by atoms with E-state index in [2.05, 4.69) is 11.0 Å². The van der Waals surface area contributed by atoms with E-state index in [9.17, 15) is 10.1 Å². The fraction of sp³-hybridized carbons (Fsp3) is 0.571. The van der Waals surface area contributed by atoms with Crippen LogP contribution in [0.4, 0.5) is 10.7 Å². The van der Waals surface area contributed by atoms with E-state index >= 15 is 0 Å². The van der Waals surface area contributed by atoms with Gasteiger partial charge in [-0.15, -0.1) is 11.3 Å². The summed E-state index contributed by atoms with van der Waals surface area (Å²) in [5.74, 6) is 1.02. The van der Waals surface area contributed by atoms with Gasteiger partial charge in [0.05, 0.1) is 10.6 Å². The summed E-state index contributed by atoms with van der Waals surface area (Å²) < 4.78 is 0. The van der Waals surface area contributed by atoms with Crippen molar-refractivity contribution < 1.29 is 4.79 Å². The van der Waals surface area contributed by atoms with E-state index in [0.717, 1.165) is 30.3 Å². The molecule has 0 atom stereocenters. The number of thiophene rings is 1. The highest BCUT2D eigenvalue weighted by molar-refractivity contribution is 7.19. The lowest BCUT2D eigenvalue weighted by atomic mass is 10.1. The highest BCUT2D eigenvalue weighted by atomic mass is 32.1. The van der Waals surface area contributed by atoms with Crippen LogP contribution in [0, 0.1) is 23.2 Å². The third-order valence-electron chi connectivity index (χ3n) is 3.79. The average molecular weight is 275 g/mol. The van der Waals surface area contributed by atoms with Gasteiger partial charge in [-0.1, -0.05) is 0 Å². The first-order valence-corrected chi connectivity index (χ1v) is 7.51. The SMILES string of the molecule is CN(CC1CC1)c1sc(C(=O)C2CC2)c(N)c1C#N. The van der Waals surface area contributed by atoms with E-state index in [-0.39, 0.29) is 11.7 Å². The van der Waals surface area contributed by atoms with Gasteiger partial charge in [0.1, 0.15) is 16.6 Å². The fourth-order valence-electron chi connectivity index (χ4n) is 2.29. The lowest BCUT2D eigenvalue weighted by Crippen LogP contribution is -2.19. The largest absolute Gasteiger partial charge is 0.396 e. The molecule has 1 aromatic rings. The second kappa shape index (κ2) is 4.53. The minimum atomic E-state index is 0.130. The van der Waals surface area contributed by atoms with Crippen LogP contribution in [0.25, 0.3) is 0 Å². The Bertz CT molecular complexity index is 564. The van der Waals surface area contributed by atoms with Crippen LogP contribution < -0.4 is 10.6 Å². The summed E-state index contributed by atoms with van der Waals surface area (Å²) >= 11 is 1.39. The Morgan fingerprint density at radius 3 is 2.68 bits per heavy atom. The van der Waals surface area contributed by atoms with Gasteiger partial charge >= 0.3 is 0 Å². The van der Waals surface area contributed by atoms with Gasteiger partial charge in [-0.3, -0.25) is 4.79 Å². The van der Waals surface area contributed by atoms with Crippen molar-refractivity contribution in [2.75, 3.05) is 24.2 Å². The van der Waals surface area contributed by atoms with E-state index in [1.165, 1.54) is 24.2 Å². The molecule has 2 saturated carbocycles. The van der Waals surface area contributed by atoms with Crippen LogP contribution in [0.1, 0.15) is 40.9 Å². The number of Topliss-reactive ketones (excluding diaryl/α,β-unsaturated/α-hetero) is 1. The van der Waals surface area contributed by atoms with Gasteiger partial charge in [0.25, 0.3) is 0 Å². The molecule has 2 fully saturated rings. The Kier molecular flexibility index (Phi) is 2.98. The zero-order chi connectivity index (χ0) is 13.6. The van der Waals surface area contributed by atoms with Crippen molar-refractivity contribution in [3.05, 3.63) is 10.4 Å². The maximum atomic E-state index is 12.2. The molecule has 19 heavy (non-hydrogen) atoms. The van der Waals surface area contributed by atoms with Crippen molar-refractivity contribution in [1.29, 1.82) is 5.26 Å². The molecule has 4 nitrogen and oxygen atoms in total. The van der Waals surface area contributed by atoms with E-state index in [4.69, 9.17) is 5.73 Å². The van der Waals surface area contributed by atoms with E-state index < -0.39 is 0 Å². The Balaban J connectivity index is 1.91. The molecule has 0 unspecified atom stereocenters. The van der Waals surface area contributed by atoms with Gasteiger partial charge in [0, 0.05) is 19.5 Å². The molecule has 0 radical (unpaired) electrons. The first-order chi connectivity index (χ1) is 9.11. The highest BCUT2D eigenvalue weighted by Gasteiger charge is 2.35. The summed E-state index contributed by atoms with van der Waals surface area (Å²) in [6.07, 6.45) is 4.46. The summed E-state index contributed by atoms with van der Waals surface area (Å²) in [6, 6.07) is 2.16. The van der Waals surface area contributed by atoms with Crippen molar-refractivity contribution >= 4 is 27.8 Å². The number of nitrogens with zero attached hydrogens (tertiary/aromatic N) is 2. The molecule has 2 aliphatic carbocycles. The summed E-state index contributed by atoms with van der Waals surface area (Å²) in [5, 5.41) is 10.1. The number of ketones is 1. The van der Waals surface area contributed by atoms with Crippen molar-refractivity contribution in [2.24, 2.45) is 11.8 Å². The van der Waals surface area contributed by atoms with Gasteiger partial charge in [-0.05, 0) is 31.6 Å². The van der Waals surface area contributed by atoms with E-state index in [1.807, 2.05) is 7.05 Å². The van der Waals surface area contributed by atoms with Crippen molar-refractivity contribution in [2.45, 2.75) is 25.7 Å². The molecule has 5 heteroatoms. The Morgan fingerprint density at radius 2 is 2.16 bits per heavy atom. The maximum absolute atomic E-state index is 12.2. The van der Waals surface area contributed by atoms with Gasteiger partial charge in [0.15, 0.2) is 5.78 Å². The topological polar surface area (TPSA) is 70.1 Å². The standard InChI is InChI=1S/C14H17N3OS/c1-17(7-8-2-3-8)14-10(6-15)11(16)13(19-14)12(18)9-4-5-9/h8-9H,2-5,7,16H2,1H3. The monoisotopic (exact) mass is 275 g/mol. The van der Waals surface area contributed by atoms with Crippen molar-refractivity contribution in [3.8, 4) is 6.07 Å². The fourth-order valence-corrected chi connectivity index (χ4v) is 3.45. The Labute approximate surface area is 116 Å². The molecular weight excluding hydrogens is 258 g/mol. The van der Waals surface area contributed by atoms with E-state index in [1.54, 1.807) is 0 Å². The number of nitrogen functional groups attached to an aromatic ring is 1. The van der Waals surface area contributed by atoms with Gasteiger partial charge in [-0.25, -0.2) is 0 Å². The molecule has 0 aromatic carbocycles. The molecule has 2 aliphatic rings. The number of hydrogen-bond acceptors (Lipinski definition) is 5. The number of hydrogen-bond donors (Lipinski definition) is 1. The van der Waals surface area contributed by atoms with Crippen molar-refractivity contribution in [1.82, 2.24) is 0 Å². The van der Waals surface area contributed by atoms with Crippen LogP contribution in [-0.4, -0.2) is 19.4 Å². The van der Waals surface area contributed by atoms with Gasteiger partial charge in [0.2, 0.25) is 0 Å². The molecular formula is C14H17N3OS. The quantitative estimate of drug-likeness (QED) is 0.839. The number of carbonyl (C=O) groups excluding carboxylic acids is 1. The van der Waals surface area contributed by atoms with Crippen LogP contribution in [0.2, 0.25) is 0 Å². The molecule has 0 aliphatic heterocycles. The molecule has 1 aromatic heterocycles. The second-order valence-corrected chi connectivity index (χ2v) is 6.60. The second-order valence-electron chi connectivity index (χ2n) is 5.60. The first-order valence-electron chi connectivity index (χ1n) is 6.69. The third-order valence-corrected chi connectivity index (χ3v) is 5.12. The summed E-state index contributed by atoms with van der Waals surface area (Å²) in [5.41, 5.74) is 6.88. The molecule has 100 valence electrons. The molecule has 0 amide bonds. The summed E-state index contributed by atoms with van der Waals surface area (Å²) in [6.45, 7) is 0.950. The number of rotatable bonds is 5. The number of anilines is 2. The maximum Gasteiger partial charge on any atom is 0.178 e. The minimum absolute atomic E-state index is 0.130. The number of nitrogens with two attached hydrogens (primary N) is 1. The smallest absolute Gasteiger partial charge is 0.178 e. The van der Waals surface area contributed by atoms with E-state index in [0.29, 0.717) is 16.1 Å². The molecule has 0 spiro atoms. The predicted molar refractivity (Wildman–Crippen MR) is 76.5 cm³/mol. The Morgan fingerprint density at radius 1 is 1.47 bits per heavy atom. The zero-order valence-corrected chi connectivity index (χ0v) is 11.8. The molecule has 1 heterocycles. The summed E-state index contributed by atoms with van der Waals surface area (Å²) in [4.78, 5) is 14.8. The predicted octanol–water partition coefficient (Wildman–Crippen LogP) is 2.64. The zero-order valence-electron chi connectivity index (χ0n) is 11.0. The molecule has 0 saturated heterocycles. The molecule has 3 rings (SSSR count). The van der Waals surface area contributed by atoms with Gasteiger partial charge < -0.3 is 10.6 Å². The minimum Gasteiger partial charge on any atom is -0.396 e. The van der Waals surface area contributed by atoms with Crippen LogP contribution in [0.15, 0.2) is 0 Å². The number of carbonyl (C=O) groups is 1. The van der Waals surface area contributed by atoms with Crippen molar-refractivity contribution in [3.63, 3.8) is 0 Å². The normalized spacial score (nSPS) is 18.1. The highest BCUT2D eigenvalue weighted by Crippen LogP contribution is 2.43. The third kappa shape index (κ3) is 2.33. The molecule has 2 N–H and O–H groups in total.